The monoisotopic (exact) mass is 431 g/mol. The normalized spacial score (nSPS) is 10.7. The van der Waals surface area contributed by atoms with E-state index < -0.39 is 5.91 Å². The van der Waals surface area contributed by atoms with Gasteiger partial charge in [-0.2, -0.15) is 10.2 Å². The number of hydrogen-bond acceptors (Lipinski definition) is 5. The van der Waals surface area contributed by atoms with Crippen LogP contribution >= 0.6 is 15.9 Å². The number of amides is 1. The summed E-state index contributed by atoms with van der Waals surface area (Å²) in [5, 5.41) is 11.1. The van der Waals surface area contributed by atoms with E-state index in [1.807, 2.05) is 24.3 Å². The van der Waals surface area contributed by atoms with Gasteiger partial charge >= 0.3 is 0 Å². The Morgan fingerprint density at radius 1 is 1.15 bits per heavy atom. The van der Waals surface area contributed by atoms with Gasteiger partial charge in [-0.05, 0) is 23.8 Å². The van der Waals surface area contributed by atoms with E-state index in [0.29, 0.717) is 19.0 Å². The van der Waals surface area contributed by atoms with Crippen molar-refractivity contribution in [1.29, 1.82) is 0 Å². The number of rotatable bonds is 7. The van der Waals surface area contributed by atoms with Crippen LogP contribution in [0.1, 0.15) is 16.1 Å². The second-order valence-electron chi connectivity index (χ2n) is 5.73. The van der Waals surface area contributed by atoms with Crippen LogP contribution in [0.15, 0.2) is 57.9 Å². The molecule has 0 fully saturated rings. The minimum Gasteiger partial charge on any atom is -0.383 e. The number of ether oxygens (including phenoxy) is 1. The van der Waals surface area contributed by atoms with Crippen molar-refractivity contribution in [1.82, 2.24) is 19.6 Å². The SMILES string of the molecule is COCCn1nc(C(=O)Nc2ccnn2Cc2ccc(Br)cc2)ccc1=O. The van der Waals surface area contributed by atoms with E-state index in [-0.39, 0.29) is 17.8 Å². The fourth-order valence-corrected chi connectivity index (χ4v) is 2.68. The molecule has 0 unspecified atom stereocenters. The van der Waals surface area contributed by atoms with Gasteiger partial charge in [-0.1, -0.05) is 28.1 Å². The third-order valence-electron chi connectivity index (χ3n) is 3.81. The lowest BCUT2D eigenvalue weighted by Crippen LogP contribution is -2.28. The highest BCUT2D eigenvalue weighted by molar-refractivity contribution is 9.10. The number of anilines is 1. The first-order chi connectivity index (χ1) is 13.1. The molecule has 0 spiro atoms. The van der Waals surface area contributed by atoms with E-state index in [1.54, 1.807) is 16.9 Å². The summed E-state index contributed by atoms with van der Waals surface area (Å²) in [6, 6.07) is 12.3. The molecule has 0 saturated heterocycles. The fourth-order valence-electron chi connectivity index (χ4n) is 2.42. The molecule has 140 valence electrons. The zero-order valence-corrected chi connectivity index (χ0v) is 16.2. The van der Waals surface area contributed by atoms with Gasteiger partial charge in [0, 0.05) is 23.7 Å². The molecule has 8 nitrogen and oxygen atoms in total. The Morgan fingerprint density at radius 3 is 2.67 bits per heavy atom. The Balaban J connectivity index is 1.74. The Bertz CT molecular complexity index is 981. The van der Waals surface area contributed by atoms with Crippen molar-refractivity contribution in [3.63, 3.8) is 0 Å². The second kappa shape index (κ2) is 8.74. The summed E-state index contributed by atoms with van der Waals surface area (Å²) >= 11 is 3.40. The van der Waals surface area contributed by atoms with Crippen LogP contribution in [0.2, 0.25) is 0 Å². The lowest BCUT2D eigenvalue weighted by molar-refractivity contribution is 0.101. The summed E-state index contributed by atoms with van der Waals surface area (Å²) in [4.78, 5) is 24.3. The summed E-state index contributed by atoms with van der Waals surface area (Å²) in [7, 11) is 1.54. The molecule has 0 aliphatic rings. The maximum absolute atomic E-state index is 12.5. The Hall–Kier alpha value is -2.78. The summed E-state index contributed by atoms with van der Waals surface area (Å²) in [6.07, 6.45) is 1.61. The molecule has 0 radical (unpaired) electrons. The van der Waals surface area contributed by atoms with E-state index in [2.05, 4.69) is 31.4 Å². The molecule has 27 heavy (non-hydrogen) atoms. The van der Waals surface area contributed by atoms with Crippen LogP contribution in [0.25, 0.3) is 0 Å². The van der Waals surface area contributed by atoms with Gasteiger partial charge in [0.2, 0.25) is 0 Å². The fraction of sp³-hybridized carbons (Fsp3) is 0.222. The van der Waals surface area contributed by atoms with Crippen LogP contribution in [0.3, 0.4) is 0 Å². The molecular weight excluding hydrogens is 414 g/mol. The van der Waals surface area contributed by atoms with Gasteiger partial charge in [-0.3, -0.25) is 9.59 Å². The van der Waals surface area contributed by atoms with Crippen molar-refractivity contribution in [2.45, 2.75) is 13.1 Å². The summed E-state index contributed by atoms with van der Waals surface area (Å²) < 4.78 is 8.84. The van der Waals surface area contributed by atoms with E-state index in [9.17, 15) is 9.59 Å². The van der Waals surface area contributed by atoms with E-state index >= 15 is 0 Å². The molecule has 1 aromatic carbocycles. The number of carbonyl (C=O) groups excluding carboxylic acids is 1. The molecule has 2 heterocycles. The highest BCUT2D eigenvalue weighted by Gasteiger charge is 2.13. The van der Waals surface area contributed by atoms with Crippen molar-refractivity contribution in [3.8, 4) is 0 Å². The molecule has 0 aliphatic heterocycles. The van der Waals surface area contributed by atoms with Gasteiger partial charge in [0.1, 0.15) is 11.5 Å². The van der Waals surface area contributed by atoms with Crippen LogP contribution in [0.4, 0.5) is 5.82 Å². The van der Waals surface area contributed by atoms with E-state index in [0.717, 1.165) is 10.0 Å². The number of benzene rings is 1. The quantitative estimate of drug-likeness (QED) is 0.618. The highest BCUT2D eigenvalue weighted by atomic mass is 79.9. The highest BCUT2D eigenvalue weighted by Crippen LogP contribution is 2.14. The van der Waals surface area contributed by atoms with Gasteiger partial charge in [-0.25, -0.2) is 9.36 Å². The van der Waals surface area contributed by atoms with Crippen molar-refractivity contribution < 1.29 is 9.53 Å². The minimum atomic E-state index is -0.418. The van der Waals surface area contributed by atoms with Gasteiger partial charge in [0.15, 0.2) is 0 Å². The lowest BCUT2D eigenvalue weighted by Gasteiger charge is -2.10. The molecule has 0 aliphatic carbocycles. The number of hydrogen-bond donors (Lipinski definition) is 1. The zero-order chi connectivity index (χ0) is 19.2. The first-order valence-electron chi connectivity index (χ1n) is 8.21. The predicted octanol–water partition coefficient (Wildman–Crippen LogP) is 2.15. The summed E-state index contributed by atoms with van der Waals surface area (Å²) in [6.45, 7) is 1.12. The molecule has 1 N–H and O–H groups in total. The molecule has 0 saturated carbocycles. The molecule has 0 atom stereocenters. The molecule has 3 aromatic rings. The average molecular weight is 432 g/mol. The number of carbonyl (C=O) groups is 1. The van der Waals surface area contributed by atoms with Crippen molar-refractivity contribution in [2.24, 2.45) is 0 Å². The van der Waals surface area contributed by atoms with Gasteiger partial charge < -0.3 is 10.1 Å². The van der Waals surface area contributed by atoms with Gasteiger partial charge in [-0.15, -0.1) is 0 Å². The smallest absolute Gasteiger partial charge is 0.277 e. The number of methoxy groups -OCH3 is 1. The molecular formula is C18H18BrN5O3. The standard InChI is InChI=1S/C18H18BrN5O3/c1-27-11-10-23-17(25)7-6-15(22-23)18(26)21-16-8-9-20-24(16)12-13-2-4-14(19)5-3-13/h2-9H,10-12H2,1H3,(H,21,26). The largest absolute Gasteiger partial charge is 0.383 e. The predicted molar refractivity (Wildman–Crippen MR) is 104 cm³/mol. The van der Waals surface area contributed by atoms with Crippen LogP contribution in [-0.4, -0.2) is 39.2 Å². The first kappa shape index (κ1) is 19.0. The maximum Gasteiger partial charge on any atom is 0.277 e. The summed E-state index contributed by atoms with van der Waals surface area (Å²) in [5.41, 5.74) is 0.898. The number of aromatic nitrogens is 4. The number of halogens is 1. The molecule has 9 heteroatoms. The molecule has 1 amide bonds. The summed E-state index contributed by atoms with van der Waals surface area (Å²) in [5.74, 6) is 0.123. The number of nitrogens with one attached hydrogen (secondary N) is 1. The Morgan fingerprint density at radius 2 is 1.93 bits per heavy atom. The van der Waals surface area contributed by atoms with Crippen molar-refractivity contribution in [2.75, 3.05) is 19.0 Å². The molecule has 0 bridgehead atoms. The third-order valence-corrected chi connectivity index (χ3v) is 4.34. The van der Waals surface area contributed by atoms with Crippen LogP contribution < -0.4 is 10.9 Å². The molecule has 2 aromatic heterocycles. The Labute approximate surface area is 163 Å². The zero-order valence-electron chi connectivity index (χ0n) is 14.6. The first-order valence-corrected chi connectivity index (χ1v) is 9.01. The van der Waals surface area contributed by atoms with E-state index in [4.69, 9.17) is 4.74 Å². The van der Waals surface area contributed by atoms with Crippen LogP contribution in [-0.2, 0) is 17.8 Å². The van der Waals surface area contributed by atoms with Gasteiger partial charge in [0.25, 0.3) is 11.5 Å². The number of nitrogens with zero attached hydrogens (tertiary/aromatic N) is 4. The van der Waals surface area contributed by atoms with Crippen molar-refractivity contribution >= 4 is 27.7 Å². The third kappa shape index (κ3) is 4.89. The topological polar surface area (TPSA) is 91.0 Å². The van der Waals surface area contributed by atoms with E-state index in [1.165, 1.54) is 23.9 Å². The molecule has 3 rings (SSSR count). The van der Waals surface area contributed by atoms with Gasteiger partial charge in [0.05, 0.1) is 25.9 Å². The van der Waals surface area contributed by atoms with Crippen molar-refractivity contribution in [3.05, 3.63) is 74.7 Å². The minimum absolute atomic E-state index is 0.141. The maximum atomic E-state index is 12.5. The Kier molecular flexibility index (Phi) is 6.15. The van der Waals surface area contributed by atoms with Crippen LogP contribution in [0.5, 0.6) is 0 Å². The lowest BCUT2D eigenvalue weighted by atomic mass is 10.2. The van der Waals surface area contributed by atoms with Crippen LogP contribution in [0, 0.1) is 0 Å². The average Bonchev–Trinajstić information content (AvgIpc) is 3.09. The second-order valence-corrected chi connectivity index (χ2v) is 6.64.